The van der Waals surface area contributed by atoms with Crippen LogP contribution in [0.25, 0.3) is 0 Å². The van der Waals surface area contributed by atoms with E-state index >= 15 is 0 Å². The van der Waals surface area contributed by atoms with Crippen LogP contribution < -0.4 is 0 Å². The zero-order valence-electron chi connectivity index (χ0n) is 22.5. The van der Waals surface area contributed by atoms with E-state index in [9.17, 15) is 9.59 Å². The fraction of sp³-hybridized carbons (Fsp3) is 0.682. The van der Waals surface area contributed by atoms with Gasteiger partial charge >= 0.3 is 68.5 Å². The van der Waals surface area contributed by atoms with E-state index in [0.29, 0.717) is 4.91 Å². The molecule has 1 saturated heterocycles. The molecule has 3 atom stereocenters. The van der Waals surface area contributed by atoms with Crippen LogP contribution in [0.3, 0.4) is 0 Å². The Bertz CT molecular complexity index is 677. The van der Waals surface area contributed by atoms with Gasteiger partial charge in [-0.05, 0) is 18.0 Å². The van der Waals surface area contributed by atoms with Gasteiger partial charge in [0.05, 0.1) is 14.2 Å². The van der Waals surface area contributed by atoms with Crippen LogP contribution >= 0.6 is 7.92 Å². The number of ether oxygens (including phenoxy) is 2. The van der Waals surface area contributed by atoms with E-state index < -0.39 is 29.3 Å². The minimum absolute atomic E-state index is 0. The largest absolute Gasteiger partial charge is 0 e. The molecular weight excluding hydrogens is 693 g/mol. The van der Waals surface area contributed by atoms with Gasteiger partial charge in [-0.2, -0.15) is 0 Å². The topological polar surface area (TPSA) is 155 Å². The van der Waals surface area contributed by atoms with Gasteiger partial charge in [0.15, 0.2) is 5.28 Å². The maximum Gasteiger partial charge on any atom is 0 e. The maximum absolute atomic E-state index is 13.0. The van der Waals surface area contributed by atoms with Crippen LogP contribution in [-0.2, 0) is 63.4 Å². The first-order valence-corrected chi connectivity index (χ1v) is 18.7. The van der Waals surface area contributed by atoms with Gasteiger partial charge in [0.25, 0.3) is 0 Å². The summed E-state index contributed by atoms with van der Waals surface area (Å²) in [6, 6.07) is 0. The predicted molar refractivity (Wildman–Crippen MR) is 131 cm³/mol. The molecule has 14 heteroatoms. The first-order valence-electron chi connectivity index (χ1n) is 10.1. The van der Waals surface area contributed by atoms with Crippen LogP contribution in [0, 0.1) is 33.3 Å². The number of hydrogen-bond acceptors (Lipinski definition) is 5. The summed E-state index contributed by atoms with van der Waals surface area (Å²) in [5, 5.41) is -0.800. The molecule has 36 heavy (non-hydrogen) atoms. The van der Waals surface area contributed by atoms with Crippen molar-refractivity contribution in [2.45, 2.75) is 69.0 Å². The molecule has 0 aromatic carbocycles. The second-order valence-corrected chi connectivity index (χ2v) is 23.6. The van der Waals surface area contributed by atoms with E-state index in [4.69, 9.17) is 32.7 Å². The molecule has 0 aromatic heterocycles. The third kappa shape index (κ3) is 12.1. The van der Waals surface area contributed by atoms with Crippen molar-refractivity contribution < 1.29 is 63.4 Å². The average Bonchev–Trinajstić information content (AvgIpc) is 3.52. The molecule has 1 fully saturated rings. The van der Waals surface area contributed by atoms with Gasteiger partial charge in [-0.3, -0.25) is 9.69 Å². The van der Waals surface area contributed by atoms with Crippen molar-refractivity contribution in [3.05, 3.63) is 33.3 Å². The molecule has 1 unspecified atom stereocenters. The molecule has 10 nitrogen and oxygen atoms in total. The molecule has 0 spiro atoms. The van der Waals surface area contributed by atoms with Gasteiger partial charge in [-0.1, -0.05) is 61.1 Å². The van der Waals surface area contributed by atoms with Crippen LogP contribution in [0.2, 0.25) is 39.3 Å². The molecule has 1 heterocycles. The molecular formula is C22H36NO9PSi2W. The Morgan fingerprint density at radius 2 is 1.11 bits per heavy atom. The summed E-state index contributed by atoms with van der Waals surface area (Å²) < 4.78 is 47.9. The molecule has 202 valence electrons. The normalized spacial score (nSPS) is 18.8. The van der Waals surface area contributed by atoms with Gasteiger partial charge in [-0.25, -0.2) is 4.79 Å². The van der Waals surface area contributed by atoms with Gasteiger partial charge in [0.1, 0.15) is 5.66 Å². The summed E-state index contributed by atoms with van der Waals surface area (Å²) in [6.45, 7) is 42.3. The molecule has 0 saturated carbocycles. The number of likely N-dealkylation sites (N-methyl/N-ethyl adjacent to an activating group) is 1. The second-order valence-electron chi connectivity index (χ2n) is 8.86. The number of esters is 2. The molecule has 0 bridgehead atoms. The Balaban J connectivity index is -0.000000181. The van der Waals surface area contributed by atoms with E-state index in [2.05, 4.69) is 77.4 Å². The number of carbonyl (C=O) groups excluding carboxylic acids is 2. The van der Waals surface area contributed by atoms with E-state index in [1.54, 1.807) is 0 Å². The van der Waals surface area contributed by atoms with Crippen molar-refractivity contribution in [2.75, 3.05) is 27.3 Å². The predicted octanol–water partition coefficient (Wildman–Crippen LogP) is 3.17. The average molecular weight is 730 g/mol. The van der Waals surface area contributed by atoms with E-state index in [0.717, 1.165) is 13.1 Å². The van der Waals surface area contributed by atoms with E-state index in [1.165, 1.54) is 14.2 Å². The third-order valence-electron chi connectivity index (χ3n) is 5.06. The Labute approximate surface area is 233 Å². The number of rotatable bonds is 8. The van der Waals surface area contributed by atoms with Crippen LogP contribution in [0.15, 0.2) is 0 Å². The van der Waals surface area contributed by atoms with Crippen molar-refractivity contribution in [1.82, 2.24) is 4.90 Å². The zero-order chi connectivity index (χ0) is 29.8. The van der Waals surface area contributed by atoms with Crippen LogP contribution in [-0.4, -0.2) is 76.1 Å². The summed E-state index contributed by atoms with van der Waals surface area (Å²) in [5.41, 5.74) is -0.358. The van der Waals surface area contributed by atoms with E-state index in [-0.39, 0.29) is 38.7 Å². The smallest absolute Gasteiger partial charge is 0 e. The molecule has 0 amide bonds. The number of carbonyl (C=O) groups is 2. The minimum atomic E-state index is -1.59. The third-order valence-corrected chi connectivity index (χ3v) is 22.8. The Hall–Kier alpha value is -0.848. The number of hydrogen-bond donors (Lipinski definition) is 0. The molecule has 0 aromatic rings. The first-order chi connectivity index (χ1) is 16.3. The Morgan fingerprint density at radius 1 is 0.806 bits per heavy atom. The van der Waals surface area contributed by atoms with Crippen LogP contribution in [0.5, 0.6) is 0 Å². The first kappa shape index (κ1) is 48.2. The number of methoxy groups -OCH3 is 2. The van der Waals surface area contributed by atoms with Crippen LogP contribution in [0.4, 0.5) is 0 Å². The molecule has 1 aliphatic rings. The second kappa shape index (κ2) is 24.5. The SMILES string of the molecule is CCN(CC)[C@@]1(C(=O)OC)[C@@H](C(=O)OC)P1C([Si](C)(C)C)[Si](C)(C)C.[C-]#[O+].[C-]#[O+].[C-]#[O+].[C-]#[O+].[C-]#[O+].[W]. The standard InChI is InChI=1S/C17H36NO4PSi2.5CO.W/c1-11-18(12-2)17(15(20)22-4)13(14(19)21-3)23(17)16(24(5,6)7)25(8,9)10;5*1-2;/h13,16H,11-12H2,1-10H3;;;;;;/t13-,17+,23?;;;;;;/m1....../s1. The summed E-state index contributed by atoms with van der Waals surface area (Å²) in [7, 11) is -1.17. The summed E-state index contributed by atoms with van der Waals surface area (Å²) in [6.07, 6.45) is 0. The minimum Gasteiger partial charge on any atom is 0 e. The molecule has 1 aliphatic heterocycles. The molecule has 0 N–H and O–H groups in total. The van der Waals surface area contributed by atoms with E-state index in [1.807, 2.05) is 13.8 Å². The fourth-order valence-electron chi connectivity index (χ4n) is 4.71. The van der Waals surface area contributed by atoms with Gasteiger partial charge in [0, 0.05) is 37.2 Å². The zero-order valence-corrected chi connectivity index (χ0v) is 28.4. The van der Waals surface area contributed by atoms with Crippen LogP contribution in [0.1, 0.15) is 13.8 Å². The van der Waals surface area contributed by atoms with Crippen molar-refractivity contribution in [3.8, 4) is 0 Å². The maximum atomic E-state index is 13.0. The molecule has 1 rings (SSSR count). The Morgan fingerprint density at radius 3 is 1.31 bits per heavy atom. The van der Waals surface area contributed by atoms with Crippen molar-refractivity contribution in [3.63, 3.8) is 0 Å². The number of nitrogens with zero attached hydrogens (tertiary/aromatic N) is 1. The molecule has 0 radical (unpaired) electrons. The summed E-state index contributed by atoms with van der Waals surface area (Å²) in [4.78, 5) is 28.4. The van der Waals surface area contributed by atoms with Crippen molar-refractivity contribution in [2.24, 2.45) is 0 Å². The monoisotopic (exact) mass is 729 g/mol. The fourth-order valence-corrected chi connectivity index (χ4v) is 27.0. The van der Waals surface area contributed by atoms with Gasteiger partial charge in [-0.15, -0.1) is 0 Å². The summed E-state index contributed by atoms with van der Waals surface area (Å²) in [5.74, 6) is -0.496. The van der Waals surface area contributed by atoms with Crippen molar-refractivity contribution in [1.29, 1.82) is 0 Å². The van der Waals surface area contributed by atoms with Crippen molar-refractivity contribution >= 4 is 36.0 Å². The quantitative estimate of drug-likeness (QED) is 0.124. The van der Waals surface area contributed by atoms with Gasteiger partial charge in [0.2, 0.25) is 0 Å². The summed E-state index contributed by atoms with van der Waals surface area (Å²) >= 11 is 0. The molecule has 0 aliphatic carbocycles. The van der Waals surface area contributed by atoms with Gasteiger partial charge < -0.3 is 9.47 Å². The Kier molecular flexibility index (Phi) is 32.8.